The van der Waals surface area contributed by atoms with E-state index in [9.17, 15) is 8.42 Å². The molecular weight excluding hydrogens is 352 g/mol. The highest BCUT2D eigenvalue weighted by atomic mass is 79.9. The van der Waals surface area contributed by atoms with Crippen LogP contribution in [-0.4, -0.2) is 23.8 Å². The van der Waals surface area contributed by atoms with Gasteiger partial charge in [0.05, 0.1) is 10.4 Å². The van der Waals surface area contributed by atoms with Crippen LogP contribution in [0.1, 0.15) is 26.3 Å². The fourth-order valence-corrected chi connectivity index (χ4v) is 3.95. The minimum absolute atomic E-state index is 0.00499. The van der Waals surface area contributed by atoms with E-state index in [1.807, 2.05) is 27.7 Å². The molecule has 1 aromatic heterocycles. The zero-order chi connectivity index (χ0) is 15.8. The van der Waals surface area contributed by atoms with Gasteiger partial charge in [-0.25, -0.2) is 13.1 Å². The molecule has 1 aromatic carbocycles. The van der Waals surface area contributed by atoms with Gasteiger partial charge in [-0.05, 0) is 44.5 Å². The number of nitrogens with one attached hydrogen (secondary N) is 1. The fraction of sp³-hybridized carbons (Fsp3) is 0.400. The van der Waals surface area contributed by atoms with Crippen LogP contribution in [0.15, 0.2) is 35.4 Å². The number of hydrogen-bond donors (Lipinski definition) is 1. The Balaban J connectivity index is 2.59. The molecule has 0 bridgehead atoms. The van der Waals surface area contributed by atoms with E-state index < -0.39 is 15.6 Å². The number of alkyl halides is 1. The second-order valence-corrected chi connectivity index (χ2v) is 8.75. The van der Waals surface area contributed by atoms with Crippen molar-refractivity contribution >= 4 is 36.9 Å². The van der Waals surface area contributed by atoms with Gasteiger partial charge < -0.3 is 0 Å². The number of aromatic nitrogens is 1. The Bertz CT molecular complexity index is 770. The van der Waals surface area contributed by atoms with Crippen molar-refractivity contribution in [1.29, 1.82) is 0 Å². The molecule has 1 unspecified atom stereocenters. The molecule has 2 rings (SSSR count). The fourth-order valence-electron chi connectivity index (χ4n) is 2.00. The third-order valence-corrected chi connectivity index (χ3v) is 6.49. The van der Waals surface area contributed by atoms with Crippen molar-refractivity contribution in [2.75, 3.05) is 0 Å². The Morgan fingerprint density at radius 3 is 2.57 bits per heavy atom. The molecule has 1 N–H and O–H groups in total. The van der Waals surface area contributed by atoms with Crippen LogP contribution < -0.4 is 4.72 Å². The van der Waals surface area contributed by atoms with Crippen LogP contribution in [0.4, 0.5) is 0 Å². The molecule has 21 heavy (non-hydrogen) atoms. The highest BCUT2D eigenvalue weighted by molar-refractivity contribution is 9.09. The Kier molecular flexibility index (Phi) is 4.42. The van der Waals surface area contributed by atoms with E-state index in [1.165, 1.54) is 0 Å². The summed E-state index contributed by atoms with van der Waals surface area (Å²) in [5.41, 5.74) is 1.07. The number of rotatable bonds is 4. The van der Waals surface area contributed by atoms with Crippen molar-refractivity contribution in [2.24, 2.45) is 0 Å². The smallest absolute Gasteiger partial charge is 0.241 e. The predicted octanol–water partition coefficient (Wildman–Crippen LogP) is 3.38. The van der Waals surface area contributed by atoms with E-state index in [1.54, 1.807) is 30.5 Å². The van der Waals surface area contributed by atoms with E-state index in [0.29, 0.717) is 10.9 Å². The second-order valence-electron chi connectivity index (χ2n) is 5.72. The lowest BCUT2D eigenvalue weighted by molar-refractivity contribution is 0.454. The Hall–Kier alpha value is -0.980. The number of hydrogen-bond acceptors (Lipinski definition) is 3. The quantitative estimate of drug-likeness (QED) is 0.839. The molecule has 4 nitrogen and oxygen atoms in total. The molecule has 0 fully saturated rings. The summed E-state index contributed by atoms with van der Waals surface area (Å²) in [4.78, 5) is 4.54. The Morgan fingerprint density at radius 2 is 1.95 bits per heavy atom. The maximum Gasteiger partial charge on any atom is 0.241 e. The van der Waals surface area contributed by atoms with E-state index in [-0.39, 0.29) is 9.72 Å². The van der Waals surface area contributed by atoms with Gasteiger partial charge in [0.25, 0.3) is 0 Å². The molecule has 0 aliphatic rings. The van der Waals surface area contributed by atoms with Gasteiger partial charge in [0, 0.05) is 21.9 Å². The highest BCUT2D eigenvalue weighted by Gasteiger charge is 2.31. The first-order valence-electron chi connectivity index (χ1n) is 6.67. The first-order chi connectivity index (χ1) is 9.65. The summed E-state index contributed by atoms with van der Waals surface area (Å²) in [6, 6.07) is 6.96. The minimum atomic E-state index is -3.63. The van der Waals surface area contributed by atoms with Crippen LogP contribution in [0.3, 0.4) is 0 Å². The maximum atomic E-state index is 12.7. The van der Waals surface area contributed by atoms with Crippen LogP contribution in [0.2, 0.25) is 0 Å². The molecule has 0 radical (unpaired) electrons. The van der Waals surface area contributed by atoms with Gasteiger partial charge in [-0.2, -0.15) is 0 Å². The monoisotopic (exact) mass is 370 g/mol. The minimum Gasteiger partial charge on any atom is -0.256 e. The molecule has 2 aromatic rings. The Labute approximate surface area is 134 Å². The lowest BCUT2D eigenvalue weighted by Crippen LogP contribution is -2.48. The van der Waals surface area contributed by atoms with Crippen LogP contribution in [-0.2, 0) is 10.0 Å². The van der Waals surface area contributed by atoms with Gasteiger partial charge in [-0.1, -0.05) is 28.9 Å². The third kappa shape index (κ3) is 3.27. The number of pyridine rings is 1. The molecular formula is C15H19BrN2O2S. The van der Waals surface area contributed by atoms with Crippen molar-refractivity contribution in [3.8, 4) is 0 Å². The standard InChI is InChI=1S/C15H19BrN2O2S/c1-10-7-8-13(12-6-5-9-17-14(10)12)21(19,20)18-15(3,4)11(2)16/h5-9,11,18H,1-4H3. The van der Waals surface area contributed by atoms with Crippen LogP contribution in [0.25, 0.3) is 10.9 Å². The molecule has 1 heterocycles. The van der Waals surface area contributed by atoms with E-state index >= 15 is 0 Å². The summed E-state index contributed by atoms with van der Waals surface area (Å²) >= 11 is 3.44. The van der Waals surface area contributed by atoms with E-state index in [4.69, 9.17) is 0 Å². The largest absolute Gasteiger partial charge is 0.256 e. The second kappa shape index (κ2) is 5.66. The maximum absolute atomic E-state index is 12.7. The molecule has 0 saturated carbocycles. The molecule has 0 saturated heterocycles. The van der Waals surface area contributed by atoms with E-state index in [0.717, 1.165) is 5.56 Å². The zero-order valence-corrected chi connectivity index (χ0v) is 14.9. The number of halogens is 1. The first-order valence-corrected chi connectivity index (χ1v) is 9.07. The van der Waals surface area contributed by atoms with Crippen molar-refractivity contribution in [2.45, 2.75) is 43.0 Å². The molecule has 114 valence electrons. The SMILES string of the molecule is Cc1ccc(S(=O)(=O)NC(C)(C)C(C)Br)c2cccnc12. The van der Waals surface area contributed by atoms with Crippen molar-refractivity contribution in [1.82, 2.24) is 9.71 Å². The number of benzene rings is 1. The average Bonchev–Trinajstić information content (AvgIpc) is 2.37. The third-order valence-electron chi connectivity index (χ3n) is 3.61. The number of nitrogens with zero attached hydrogens (tertiary/aromatic N) is 1. The lowest BCUT2D eigenvalue weighted by Gasteiger charge is -2.29. The van der Waals surface area contributed by atoms with Gasteiger partial charge >= 0.3 is 0 Å². The predicted molar refractivity (Wildman–Crippen MR) is 89.3 cm³/mol. The Morgan fingerprint density at radius 1 is 1.29 bits per heavy atom. The summed E-state index contributed by atoms with van der Waals surface area (Å²) in [5, 5.41) is 0.642. The summed E-state index contributed by atoms with van der Waals surface area (Å²) in [6.45, 7) is 7.53. The normalized spacial score (nSPS) is 14.3. The first kappa shape index (κ1) is 16.4. The summed E-state index contributed by atoms with van der Waals surface area (Å²) in [7, 11) is -3.63. The lowest BCUT2D eigenvalue weighted by atomic mass is 10.0. The number of aryl methyl sites for hydroxylation is 1. The topological polar surface area (TPSA) is 59.1 Å². The molecule has 0 spiro atoms. The highest BCUT2D eigenvalue weighted by Crippen LogP contribution is 2.26. The van der Waals surface area contributed by atoms with Crippen LogP contribution in [0.5, 0.6) is 0 Å². The summed E-state index contributed by atoms with van der Waals surface area (Å²) in [5.74, 6) is 0. The van der Waals surface area contributed by atoms with Crippen molar-refractivity contribution in [3.63, 3.8) is 0 Å². The van der Waals surface area contributed by atoms with Crippen molar-refractivity contribution < 1.29 is 8.42 Å². The van der Waals surface area contributed by atoms with Crippen molar-refractivity contribution in [3.05, 3.63) is 36.0 Å². The van der Waals surface area contributed by atoms with Gasteiger partial charge in [0.15, 0.2) is 0 Å². The van der Waals surface area contributed by atoms with Gasteiger partial charge in [0.2, 0.25) is 10.0 Å². The number of fused-ring (bicyclic) bond motifs is 1. The zero-order valence-electron chi connectivity index (χ0n) is 12.5. The molecule has 0 amide bonds. The van der Waals surface area contributed by atoms with Crippen LogP contribution >= 0.6 is 15.9 Å². The van der Waals surface area contributed by atoms with Gasteiger partial charge in [-0.15, -0.1) is 0 Å². The molecule has 0 aliphatic heterocycles. The van der Waals surface area contributed by atoms with Gasteiger partial charge in [-0.3, -0.25) is 4.98 Å². The molecule has 6 heteroatoms. The number of sulfonamides is 1. The molecule has 1 atom stereocenters. The van der Waals surface area contributed by atoms with E-state index in [2.05, 4.69) is 25.6 Å². The molecule has 0 aliphatic carbocycles. The summed E-state index contributed by atoms with van der Waals surface area (Å²) in [6.07, 6.45) is 1.67. The average molecular weight is 371 g/mol. The summed E-state index contributed by atoms with van der Waals surface area (Å²) < 4.78 is 28.2. The van der Waals surface area contributed by atoms with Gasteiger partial charge in [0.1, 0.15) is 0 Å². The van der Waals surface area contributed by atoms with Crippen LogP contribution in [0, 0.1) is 6.92 Å².